The van der Waals surface area contributed by atoms with Crippen LogP contribution in [0.5, 0.6) is 5.75 Å². The summed E-state index contributed by atoms with van der Waals surface area (Å²) in [6.07, 6.45) is 0. The monoisotopic (exact) mass is 364 g/mol. The molecule has 4 rings (SSSR count). The third-order valence-corrected chi connectivity index (χ3v) is 3.92. The summed E-state index contributed by atoms with van der Waals surface area (Å²) in [5.41, 5.74) is 0. The second-order valence-electron chi connectivity index (χ2n) is 6.63. The van der Waals surface area contributed by atoms with E-state index in [1.54, 1.807) is 6.07 Å². The van der Waals surface area contributed by atoms with E-state index >= 15 is 0 Å². The van der Waals surface area contributed by atoms with E-state index in [0.29, 0.717) is 13.7 Å². The van der Waals surface area contributed by atoms with Gasteiger partial charge in [-0.15, -0.1) is 7.92 Å². The molecule has 0 amide bonds. The molecule has 0 bridgehead atoms. The summed E-state index contributed by atoms with van der Waals surface area (Å²) in [5, 5.41) is 24.6. The number of rotatable bonds is 2. The zero-order valence-electron chi connectivity index (χ0n) is 15.2. The van der Waals surface area contributed by atoms with Gasteiger partial charge in [-0.2, -0.15) is 0 Å². The Balaban J connectivity index is 0.000000447. The molecule has 0 saturated heterocycles. The molecule has 4 aromatic rings. The fourth-order valence-electron chi connectivity index (χ4n) is 2.98. The first-order valence-corrected chi connectivity index (χ1v) is 11.1. The average Bonchev–Trinajstić information content (AvgIpc) is 2.59. The molecule has 0 spiro atoms. The first kappa shape index (κ1) is 18.7. The van der Waals surface area contributed by atoms with Crippen LogP contribution in [-0.2, 0) is 0 Å². The summed E-state index contributed by atoms with van der Waals surface area (Å²) in [7, 11) is -1.45. The molecule has 2 N–H and O–H groups in total. The van der Waals surface area contributed by atoms with Crippen LogP contribution in [-0.4, -0.2) is 37.4 Å². The van der Waals surface area contributed by atoms with Gasteiger partial charge in [0.15, 0.2) is 0 Å². The lowest BCUT2D eigenvalue weighted by Crippen LogP contribution is -2.20. The zero-order chi connectivity index (χ0) is 18.7. The lowest BCUT2D eigenvalue weighted by molar-refractivity contribution is 0.289. The van der Waals surface area contributed by atoms with Gasteiger partial charge in [-0.25, -0.2) is 0 Å². The molecule has 132 valence electrons. The van der Waals surface area contributed by atoms with Gasteiger partial charge in [-0.1, -0.05) is 48.5 Å². The second-order valence-corrected chi connectivity index (χ2v) is 9.31. The fraction of sp³-hybridized carbons (Fsp3) is 0.143. The van der Waals surface area contributed by atoms with Gasteiger partial charge in [-0.05, 0) is 65.1 Å². The highest BCUT2D eigenvalue weighted by molar-refractivity contribution is 7.55. The van der Waals surface area contributed by atoms with Crippen molar-refractivity contribution in [1.29, 1.82) is 0 Å². The van der Waals surface area contributed by atoms with Crippen molar-refractivity contribution in [2.24, 2.45) is 0 Å². The first-order chi connectivity index (χ1) is 12.5. The minimum atomic E-state index is -1.83. The van der Waals surface area contributed by atoms with Gasteiger partial charge in [0.2, 0.25) is 0 Å². The molecular formula is C21H22BO3P. The topological polar surface area (TPSA) is 49.7 Å². The number of hydrogen-bond acceptors (Lipinski definition) is 3. The molecule has 0 heterocycles. The molecule has 3 nitrogen and oxygen atoms in total. The Bertz CT molecular complexity index is 1040. The van der Waals surface area contributed by atoms with E-state index in [9.17, 15) is 0 Å². The van der Waals surface area contributed by atoms with Crippen molar-refractivity contribution in [2.45, 2.75) is 0 Å². The zero-order valence-corrected chi connectivity index (χ0v) is 16.1. The van der Waals surface area contributed by atoms with Crippen LogP contribution in [0.1, 0.15) is 0 Å². The fourth-order valence-corrected chi connectivity index (χ4v) is 2.98. The molecule has 0 aliphatic heterocycles. The van der Waals surface area contributed by atoms with Crippen molar-refractivity contribution < 1.29 is 14.7 Å². The quantitative estimate of drug-likeness (QED) is 0.231. The van der Waals surface area contributed by atoms with Crippen LogP contribution in [0.15, 0.2) is 66.7 Å². The van der Waals surface area contributed by atoms with Gasteiger partial charge < -0.3 is 14.7 Å². The first-order valence-electron chi connectivity index (χ1n) is 8.43. The molecule has 26 heavy (non-hydrogen) atoms. The minimum Gasteiger partial charge on any atom is -0.511 e. The van der Waals surface area contributed by atoms with E-state index < -0.39 is 7.32 Å². The second kappa shape index (κ2) is 8.05. The normalized spacial score (nSPS) is 10.8. The highest BCUT2D eigenvalue weighted by Gasteiger charge is 2.15. The third-order valence-electron chi connectivity index (χ3n) is 3.92. The van der Waals surface area contributed by atoms with E-state index in [1.807, 2.05) is 30.3 Å². The van der Waals surface area contributed by atoms with Crippen molar-refractivity contribution in [3.63, 3.8) is 0 Å². The molecule has 0 unspecified atom stereocenters. The van der Waals surface area contributed by atoms with Gasteiger partial charge in [-0.3, -0.25) is 0 Å². The predicted molar refractivity (Wildman–Crippen MR) is 114 cm³/mol. The Morgan fingerprint density at radius 2 is 1.31 bits per heavy atom. The maximum absolute atomic E-state index is 9.14. The Morgan fingerprint density at radius 1 is 0.731 bits per heavy atom. The van der Waals surface area contributed by atoms with Crippen molar-refractivity contribution >= 4 is 47.6 Å². The summed E-state index contributed by atoms with van der Waals surface area (Å²) in [4.78, 5) is 0. The summed E-state index contributed by atoms with van der Waals surface area (Å²) in [6, 6.07) is 22.1. The molecule has 0 radical (unpaired) electrons. The standard InChI is InChI=1S/C18H13BO3.C3H9P/c20-19(21)22-17-7-3-6-12-8-9-15-10-13-4-1-2-5-14(13)11-16(15)18(12)17;1-4(2)3/h1-11,20-21H;1-3H3. The highest BCUT2D eigenvalue weighted by Crippen LogP contribution is 2.35. The van der Waals surface area contributed by atoms with Crippen LogP contribution in [0.3, 0.4) is 0 Å². The number of fused-ring (bicyclic) bond motifs is 4. The van der Waals surface area contributed by atoms with Crippen molar-refractivity contribution in [3.05, 3.63) is 66.7 Å². The molecule has 4 aromatic carbocycles. The van der Waals surface area contributed by atoms with E-state index in [-0.39, 0.29) is 0 Å². The Kier molecular flexibility index (Phi) is 5.78. The van der Waals surface area contributed by atoms with Gasteiger partial charge >= 0.3 is 7.32 Å². The SMILES string of the molecule is CP(C)C.OB(O)Oc1cccc2ccc3cc4ccccc4cc3c12. The van der Waals surface area contributed by atoms with Gasteiger partial charge in [0.05, 0.1) is 0 Å². The van der Waals surface area contributed by atoms with Crippen LogP contribution in [0.4, 0.5) is 0 Å². The summed E-state index contributed by atoms with van der Waals surface area (Å²) in [5.74, 6) is 0.466. The smallest absolute Gasteiger partial charge is 0.511 e. The van der Waals surface area contributed by atoms with Crippen LogP contribution >= 0.6 is 7.92 Å². The van der Waals surface area contributed by atoms with Crippen LogP contribution in [0.2, 0.25) is 0 Å². The maximum Gasteiger partial charge on any atom is 0.707 e. The van der Waals surface area contributed by atoms with Crippen molar-refractivity contribution in [1.82, 2.24) is 0 Å². The van der Waals surface area contributed by atoms with Crippen molar-refractivity contribution in [3.8, 4) is 5.75 Å². The lowest BCUT2D eigenvalue weighted by atomic mass is 9.97. The summed E-state index contributed by atoms with van der Waals surface area (Å²) in [6.45, 7) is 6.69. The van der Waals surface area contributed by atoms with Crippen molar-refractivity contribution in [2.75, 3.05) is 20.0 Å². The number of benzene rings is 4. The van der Waals surface area contributed by atoms with Crippen LogP contribution in [0, 0.1) is 0 Å². The van der Waals surface area contributed by atoms with E-state index in [0.717, 1.165) is 26.9 Å². The number of hydrogen-bond donors (Lipinski definition) is 2. The molecule has 5 heteroatoms. The predicted octanol–water partition coefficient (Wildman–Crippen LogP) is 4.85. The molecule has 0 aromatic heterocycles. The summed E-state index contributed by atoms with van der Waals surface area (Å²) >= 11 is 0. The van der Waals surface area contributed by atoms with E-state index in [1.165, 1.54) is 5.39 Å². The summed E-state index contributed by atoms with van der Waals surface area (Å²) < 4.78 is 5.16. The Morgan fingerprint density at radius 3 is 1.96 bits per heavy atom. The molecule has 0 fully saturated rings. The molecule has 0 aliphatic carbocycles. The molecule has 0 atom stereocenters. The average molecular weight is 364 g/mol. The Labute approximate surface area is 155 Å². The van der Waals surface area contributed by atoms with Gasteiger partial charge in [0.25, 0.3) is 0 Å². The van der Waals surface area contributed by atoms with Gasteiger partial charge in [0.1, 0.15) is 5.75 Å². The molecule has 0 aliphatic rings. The maximum atomic E-state index is 9.14. The van der Waals surface area contributed by atoms with E-state index in [2.05, 4.69) is 50.3 Å². The highest BCUT2D eigenvalue weighted by atomic mass is 31.1. The molecular weight excluding hydrogens is 342 g/mol. The van der Waals surface area contributed by atoms with Crippen LogP contribution in [0.25, 0.3) is 32.3 Å². The largest absolute Gasteiger partial charge is 0.707 e. The minimum absolute atomic E-state index is 0.380. The third kappa shape index (κ3) is 4.16. The Hall–Kier alpha value is -2.13. The lowest BCUT2D eigenvalue weighted by Gasteiger charge is -2.12. The van der Waals surface area contributed by atoms with Gasteiger partial charge in [0, 0.05) is 5.39 Å². The molecule has 0 saturated carbocycles. The van der Waals surface area contributed by atoms with Crippen LogP contribution < -0.4 is 4.65 Å². The van der Waals surface area contributed by atoms with E-state index in [4.69, 9.17) is 14.7 Å².